The third-order valence-electron chi connectivity index (χ3n) is 4.38. The first kappa shape index (κ1) is 19.4. The molecule has 0 radical (unpaired) electrons. The molecule has 1 unspecified atom stereocenters. The fourth-order valence-electron chi connectivity index (χ4n) is 3.14. The lowest BCUT2D eigenvalue weighted by atomic mass is 10.0. The van der Waals surface area contributed by atoms with Gasteiger partial charge in [0.05, 0.1) is 18.4 Å². The molecule has 6 nitrogen and oxygen atoms in total. The fourth-order valence-corrected chi connectivity index (χ4v) is 3.14. The van der Waals surface area contributed by atoms with E-state index >= 15 is 0 Å². The Hall–Kier alpha value is -1.92. The highest BCUT2D eigenvalue weighted by molar-refractivity contribution is 5.85. The van der Waals surface area contributed by atoms with Crippen LogP contribution < -0.4 is 19.5 Å². The Kier molecular flexibility index (Phi) is 6.56. The van der Waals surface area contributed by atoms with Gasteiger partial charge in [-0.25, -0.2) is 4.68 Å². The van der Waals surface area contributed by atoms with Crippen LogP contribution in [0.15, 0.2) is 18.2 Å². The van der Waals surface area contributed by atoms with Crippen molar-refractivity contribution in [1.82, 2.24) is 15.1 Å². The van der Waals surface area contributed by atoms with E-state index in [0.29, 0.717) is 19.8 Å². The quantitative estimate of drug-likeness (QED) is 0.849. The van der Waals surface area contributed by atoms with Crippen LogP contribution in [0, 0.1) is 6.92 Å². The summed E-state index contributed by atoms with van der Waals surface area (Å²) in [6.45, 7) is 6.09. The topological polar surface area (TPSA) is 57.5 Å². The van der Waals surface area contributed by atoms with Gasteiger partial charge < -0.3 is 19.5 Å². The summed E-state index contributed by atoms with van der Waals surface area (Å²) in [5, 5.41) is 8.04. The number of halogens is 1. The zero-order valence-electron chi connectivity index (χ0n) is 15.2. The molecule has 1 atom stereocenters. The summed E-state index contributed by atoms with van der Waals surface area (Å²) in [4.78, 5) is 0. The highest BCUT2D eigenvalue weighted by Crippen LogP contribution is 2.33. The van der Waals surface area contributed by atoms with Gasteiger partial charge in [-0.05, 0) is 31.0 Å². The SMILES string of the molecule is CCC(NCc1c(C)nn(C)c1OC)c1ccc2c(c1)OCCO2.Cl. The second-order valence-corrected chi connectivity index (χ2v) is 5.94. The Morgan fingerprint density at radius 1 is 1.28 bits per heavy atom. The lowest BCUT2D eigenvalue weighted by Crippen LogP contribution is -2.21. The highest BCUT2D eigenvalue weighted by Gasteiger charge is 2.18. The molecule has 3 rings (SSSR count). The number of nitrogens with one attached hydrogen (secondary N) is 1. The van der Waals surface area contributed by atoms with Crippen LogP contribution in [0.2, 0.25) is 0 Å². The zero-order chi connectivity index (χ0) is 17.1. The van der Waals surface area contributed by atoms with Gasteiger partial charge in [0.2, 0.25) is 5.88 Å². The minimum atomic E-state index is 0. The van der Waals surface area contributed by atoms with E-state index in [1.165, 1.54) is 5.56 Å². The van der Waals surface area contributed by atoms with E-state index in [0.717, 1.165) is 35.1 Å². The molecule has 1 aromatic carbocycles. The van der Waals surface area contributed by atoms with Crippen LogP contribution in [0.1, 0.15) is 36.2 Å². The number of rotatable bonds is 6. The highest BCUT2D eigenvalue weighted by atomic mass is 35.5. The number of ether oxygens (including phenoxy) is 3. The number of nitrogens with zero attached hydrogens (tertiary/aromatic N) is 2. The average Bonchev–Trinajstić information content (AvgIpc) is 2.88. The molecule has 138 valence electrons. The fraction of sp³-hybridized carbons (Fsp3) is 0.500. The Morgan fingerprint density at radius 2 is 2.00 bits per heavy atom. The first-order valence-electron chi connectivity index (χ1n) is 8.33. The van der Waals surface area contributed by atoms with Crippen molar-refractivity contribution in [3.05, 3.63) is 35.0 Å². The summed E-state index contributed by atoms with van der Waals surface area (Å²) in [6, 6.07) is 6.39. The molecular formula is C18H26ClN3O3. The largest absolute Gasteiger partial charge is 0.486 e. The van der Waals surface area contributed by atoms with Crippen LogP contribution in [0.5, 0.6) is 17.4 Å². The second-order valence-electron chi connectivity index (χ2n) is 5.94. The van der Waals surface area contributed by atoms with Gasteiger partial charge >= 0.3 is 0 Å². The van der Waals surface area contributed by atoms with Crippen molar-refractivity contribution in [3.63, 3.8) is 0 Å². The van der Waals surface area contributed by atoms with Crippen LogP contribution in [-0.2, 0) is 13.6 Å². The standard InChI is InChI=1S/C18H25N3O3.ClH/c1-5-15(13-6-7-16-17(10-13)24-9-8-23-16)19-11-14-12(2)20-21(3)18(14)22-4;/h6-7,10,15,19H,5,8-9,11H2,1-4H3;1H. The van der Waals surface area contributed by atoms with Crippen LogP contribution in [-0.4, -0.2) is 30.1 Å². The van der Waals surface area contributed by atoms with E-state index in [9.17, 15) is 0 Å². The molecule has 0 aliphatic carbocycles. The van der Waals surface area contributed by atoms with Crippen molar-refractivity contribution < 1.29 is 14.2 Å². The predicted molar refractivity (Wildman–Crippen MR) is 99.0 cm³/mol. The van der Waals surface area contributed by atoms with Gasteiger partial charge in [0.15, 0.2) is 11.5 Å². The third kappa shape index (κ3) is 4.02. The van der Waals surface area contributed by atoms with Crippen molar-refractivity contribution in [1.29, 1.82) is 0 Å². The summed E-state index contributed by atoms with van der Waals surface area (Å²) in [6.07, 6.45) is 0.973. The predicted octanol–water partition coefficient (Wildman–Crippen LogP) is 3.17. The van der Waals surface area contributed by atoms with Crippen LogP contribution in [0.3, 0.4) is 0 Å². The van der Waals surface area contributed by atoms with E-state index < -0.39 is 0 Å². The molecule has 0 saturated carbocycles. The third-order valence-corrected chi connectivity index (χ3v) is 4.38. The Morgan fingerprint density at radius 3 is 2.68 bits per heavy atom. The van der Waals surface area contributed by atoms with Gasteiger partial charge in [-0.2, -0.15) is 5.10 Å². The number of methoxy groups -OCH3 is 1. The van der Waals surface area contributed by atoms with Crippen LogP contribution in [0.4, 0.5) is 0 Å². The number of hydrogen-bond acceptors (Lipinski definition) is 5. The second kappa shape index (κ2) is 8.45. The molecule has 0 spiro atoms. The molecule has 25 heavy (non-hydrogen) atoms. The van der Waals surface area contributed by atoms with E-state index in [1.54, 1.807) is 11.8 Å². The maximum Gasteiger partial charge on any atom is 0.216 e. The summed E-state index contributed by atoms with van der Waals surface area (Å²) in [5.41, 5.74) is 3.28. The van der Waals surface area contributed by atoms with Crippen molar-refractivity contribution in [3.8, 4) is 17.4 Å². The number of aryl methyl sites for hydroxylation is 2. The van der Waals surface area contributed by atoms with E-state index in [2.05, 4.69) is 29.5 Å². The molecule has 0 fully saturated rings. The summed E-state index contributed by atoms with van der Waals surface area (Å²) in [5.74, 6) is 2.45. The molecular weight excluding hydrogens is 342 g/mol. The first-order valence-corrected chi connectivity index (χ1v) is 8.33. The number of hydrogen-bond donors (Lipinski definition) is 1. The molecule has 1 aliphatic heterocycles. The smallest absolute Gasteiger partial charge is 0.216 e. The lowest BCUT2D eigenvalue weighted by molar-refractivity contribution is 0.171. The monoisotopic (exact) mass is 367 g/mol. The number of fused-ring (bicyclic) bond motifs is 1. The van der Waals surface area contributed by atoms with Crippen molar-refractivity contribution in [2.45, 2.75) is 32.9 Å². The van der Waals surface area contributed by atoms with Crippen molar-refractivity contribution in [2.24, 2.45) is 7.05 Å². The maximum atomic E-state index is 5.69. The molecule has 2 heterocycles. The Labute approximate surface area is 154 Å². The minimum absolute atomic E-state index is 0. The summed E-state index contributed by atoms with van der Waals surface area (Å²) < 4.78 is 18.5. The molecule has 0 bridgehead atoms. The molecule has 1 aliphatic rings. The first-order chi connectivity index (χ1) is 11.6. The molecule has 1 aromatic heterocycles. The number of benzene rings is 1. The van der Waals surface area contributed by atoms with Crippen molar-refractivity contribution in [2.75, 3.05) is 20.3 Å². The Balaban J connectivity index is 0.00000225. The molecule has 0 saturated heterocycles. The van der Waals surface area contributed by atoms with E-state index in [4.69, 9.17) is 14.2 Å². The van der Waals surface area contributed by atoms with Crippen molar-refractivity contribution >= 4 is 12.4 Å². The number of aromatic nitrogens is 2. The maximum absolute atomic E-state index is 5.69. The molecule has 1 N–H and O–H groups in total. The van der Waals surface area contributed by atoms with Gasteiger partial charge in [0.1, 0.15) is 13.2 Å². The van der Waals surface area contributed by atoms with Gasteiger partial charge in [-0.1, -0.05) is 13.0 Å². The van der Waals surface area contributed by atoms with Crippen LogP contribution >= 0.6 is 12.4 Å². The summed E-state index contributed by atoms with van der Waals surface area (Å²) >= 11 is 0. The van der Waals surface area contributed by atoms with E-state index in [1.807, 2.05) is 20.0 Å². The van der Waals surface area contributed by atoms with Gasteiger partial charge in [0, 0.05) is 19.6 Å². The zero-order valence-corrected chi connectivity index (χ0v) is 16.0. The average molecular weight is 368 g/mol. The minimum Gasteiger partial charge on any atom is -0.486 e. The molecule has 0 amide bonds. The molecule has 7 heteroatoms. The van der Waals surface area contributed by atoms with Gasteiger partial charge in [-0.15, -0.1) is 12.4 Å². The van der Waals surface area contributed by atoms with E-state index in [-0.39, 0.29) is 18.4 Å². The lowest BCUT2D eigenvalue weighted by Gasteiger charge is -2.22. The Bertz CT molecular complexity index is 718. The normalized spacial score (nSPS) is 13.9. The summed E-state index contributed by atoms with van der Waals surface area (Å²) in [7, 11) is 3.57. The van der Waals surface area contributed by atoms with Crippen LogP contribution in [0.25, 0.3) is 0 Å². The van der Waals surface area contributed by atoms with Gasteiger partial charge in [0.25, 0.3) is 0 Å². The molecule has 2 aromatic rings. The van der Waals surface area contributed by atoms with Gasteiger partial charge in [-0.3, -0.25) is 0 Å².